The van der Waals surface area contributed by atoms with Gasteiger partial charge in [-0.3, -0.25) is 4.79 Å². The van der Waals surface area contributed by atoms with Gasteiger partial charge < -0.3 is 19.8 Å². The first-order valence-electron chi connectivity index (χ1n) is 9.00. The lowest BCUT2D eigenvalue weighted by molar-refractivity contribution is 0.0942. The Morgan fingerprint density at radius 3 is 2.34 bits per heavy atom. The number of rotatable bonds is 7. The van der Waals surface area contributed by atoms with Crippen LogP contribution in [0.2, 0.25) is 0 Å². The molecule has 0 bridgehead atoms. The second kappa shape index (κ2) is 8.71. The van der Waals surface area contributed by atoms with Crippen LogP contribution in [0.5, 0.6) is 11.5 Å². The molecule has 2 aromatic heterocycles. The van der Waals surface area contributed by atoms with E-state index in [1.165, 1.54) is 0 Å². The predicted octanol–water partition coefficient (Wildman–Crippen LogP) is 4.54. The van der Waals surface area contributed by atoms with Crippen LogP contribution in [-0.4, -0.2) is 16.1 Å². The number of ether oxygens (including phenoxy) is 1. The molecule has 0 unspecified atom stereocenters. The molecule has 29 heavy (non-hydrogen) atoms. The van der Waals surface area contributed by atoms with E-state index in [0.29, 0.717) is 18.1 Å². The number of furan rings is 1. The van der Waals surface area contributed by atoms with E-state index in [0.717, 1.165) is 17.2 Å². The second-order valence-corrected chi connectivity index (χ2v) is 6.13. The van der Waals surface area contributed by atoms with Crippen molar-refractivity contribution in [2.45, 2.75) is 6.54 Å². The van der Waals surface area contributed by atoms with Crippen LogP contribution in [0, 0.1) is 0 Å². The predicted molar refractivity (Wildman–Crippen MR) is 108 cm³/mol. The highest BCUT2D eigenvalue weighted by molar-refractivity contribution is 5.92. The highest BCUT2D eigenvalue weighted by Gasteiger charge is 2.09. The monoisotopic (exact) mass is 386 g/mol. The number of aromatic nitrogens is 2. The Hall–Kier alpha value is -4.13. The number of nitrogens with zero attached hydrogens (tertiary/aromatic N) is 2. The molecule has 4 aromatic rings. The quantitative estimate of drug-likeness (QED) is 0.485. The number of nitrogens with one attached hydrogen (secondary N) is 2. The van der Waals surface area contributed by atoms with E-state index in [-0.39, 0.29) is 11.6 Å². The van der Waals surface area contributed by atoms with Gasteiger partial charge in [0.05, 0.1) is 12.8 Å². The Balaban J connectivity index is 1.33. The van der Waals surface area contributed by atoms with Gasteiger partial charge in [-0.2, -0.15) is 0 Å². The number of anilines is 2. The molecule has 0 aliphatic heterocycles. The Morgan fingerprint density at radius 1 is 0.862 bits per heavy atom. The third-order valence-corrected chi connectivity index (χ3v) is 4.01. The van der Waals surface area contributed by atoms with Crippen molar-refractivity contribution in [3.05, 3.63) is 96.6 Å². The molecule has 1 amide bonds. The lowest BCUT2D eigenvalue weighted by Gasteiger charge is -2.08. The summed E-state index contributed by atoms with van der Waals surface area (Å²) in [6.07, 6.45) is 1.56. The number of carbonyl (C=O) groups excluding carboxylic acids is 1. The molecule has 0 fully saturated rings. The van der Waals surface area contributed by atoms with Crippen molar-refractivity contribution < 1.29 is 13.9 Å². The molecular weight excluding hydrogens is 368 g/mol. The van der Waals surface area contributed by atoms with Gasteiger partial charge in [0, 0.05) is 5.69 Å². The van der Waals surface area contributed by atoms with Crippen LogP contribution in [0.4, 0.5) is 11.5 Å². The fourth-order valence-corrected chi connectivity index (χ4v) is 2.57. The minimum Gasteiger partial charge on any atom is -0.467 e. The zero-order valence-corrected chi connectivity index (χ0v) is 15.4. The van der Waals surface area contributed by atoms with Gasteiger partial charge in [0.25, 0.3) is 5.91 Å². The van der Waals surface area contributed by atoms with Crippen molar-refractivity contribution in [3.8, 4) is 11.5 Å². The third-order valence-electron chi connectivity index (χ3n) is 4.01. The SMILES string of the molecule is O=C(NCc1ccco1)c1ccc(Nc2ccc(Oc3ccccc3)cc2)nn1. The third kappa shape index (κ3) is 4.98. The first kappa shape index (κ1) is 18.2. The van der Waals surface area contributed by atoms with Gasteiger partial charge in [0.2, 0.25) is 0 Å². The maximum atomic E-state index is 12.1. The van der Waals surface area contributed by atoms with E-state index in [1.807, 2.05) is 54.6 Å². The van der Waals surface area contributed by atoms with Crippen molar-refractivity contribution in [1.29, 1.82) is 0 Å². The zero-order valence-electron chi connectivity index (χ0n) is 15.4. The fourth-order valence-electron chi connectivity index (χ4n) is 2.57. The number of benzene rings is 2. The van der Waals surface area contributed by atoms with Crippen LogP contribution in [0.15, 0.2) is 89.5 Å². The normalized spacial score (nSPS) is 10.3. The molecule has 7 nitrogen and oxygen atoms in total. The van der Waals surface area contributed by atoms with Crippen LogP contribution in [0.1, 0.15) is 16.2 Å². The highest BCUT2D eigenvalue weighted by atomic mass is 16.5. The van der Waals surface area contributed by atoms with E-state index in [4.69, 9.17) is 9.15 Å². The van der Waals surface area contributed by atoms with Crippen molar-refractivity contribution >= 4 is 17.4 Å². The number of hydrogen-bond donors (Lipinski definition) is 2. The standard InChI is InChI=1S/C22H18N4O3/c27-22(23-15-19-7-4-14-28-19)20-12-13-21(26-25-20)24-16-8-10-18(11-9-16)29-17-5-2-1-3-6-17/h1-14H,15H2,(H,23,27)(H,24,26). The summed E-state index contributed by atoms with van der Waals surface area (Å²) in [4.78, 5) is 12.1. The summed E-state index contributed by atoms with van der Waals surface area (Å²) in [6, 6.07) is 23.9. The molecule has 4 rings (SSSR count). The largest absolute Gasteiger partial charge is 0.467 e. The molecule has 2 heterocycles. The Morgan fingerprint density at radius 2 is 1.66 bits per heavy atom. The molecule has 2 N–H and O–H groups in total. The van der Waals surface area contributed by atoms with Crippen molar-refractivity contribution in [3.63, 3.8) is 0 Å². The van der Waals surface area contributed by atoms with Gasteiger partial charge in [-0.15, -0.1) is 10.2 Å². The molecule has 2 aromatic carbocycles. The van der Waals surface area contributed by atoms with Crippen molar-refractivity contribution in [1.82, 2.24) is 15.5 Å². The number of para-hydroxylation sites is 1. The number of hydrogen-bond acceptors (Lipinski definition) is 6. The highest BCUT2D eigenvalue weighted by Crippen LogP contribution is 2.23. The summed E-state index contributed by atoms with van der Waals surface area (Å²) in [5.74, 6) is 2.40. The van der Waals surface area contributed by atoms with E-state index in [2.05, 4.69) is 20.8 Å². The fraction of sp³-hybridized carbons (Fsp3) is 0.0455. The molecule has 0 aliphatic carbocycles. The first-order chi connectivity index (χ1) is 14.3. The summed E-state index contributed by atoms with van der Waals surface area (Å²) < 4.78 is 10.9. The number of carbonyl (C=O) groups is 1. The minimum atomic E-state index is -0.317. The number of amides is 1. The van der Waals surface area contributed by atoms with Crippen LogP contribution in [0.3, 0.4) is 0 Å². The lowest BCUT2D eigenvalue weighted by Crippen LogP contribution is -2.23. The molecular formula is C22H18N4O3. The molecule has 0 aliphatic rings. The minimum absolute atomic E-state index is 0.230. The van der Waals surface area contributed by atoms with Crippen LogP contribution < -0.4 is 15.4 Å². The smallest absolute Gasteiger partial charge is 0.272 e. The average Bonchev–Trinajstić information content (AvgIpc) is 3.28. The lowest BCUT2D eigenvalue weighted by atomic mass is 10.3. The average molecular weight is 386 g/mol. The van der Waals surface area contributed by atoms with E-state index in [9.17, 15) is 4.79 Å². The zero-order chi connectivity index (χ0) is 19.9. The molecule has 0 radical (unpaired) electrons. The summed E-state index contributed by atoms with van der Waals surface area (Å²) in [5, 5.41) is 13.9. The van der Waals surface area contributed by atoms with E-state index >= 15 is 0 Å². The van der Waals surface area contributed by atoms with Gasteiger partial charge in [0.15, 0.2) is 11.5 Å². The van der Waals surface area contributed by atoms with Gasteiger partial charge in [-0.1, -0.05) is 18.2 Å². The maximum Gasteiger partial charge on any atom is 0.272 e. The summed E-state index contributed by atoms with van der Waals surface area (Å²) in [6.45, 7) is 0.297. The van der Waals surface area contributed by atoms with Gasteiger partial charge in [0.1, 0.15) is 17.3 Å². The Bertz CT molecular complexity index is 1050. The Kier molecular flexibility index (Phi) is 5.48. The molecule has 144 valence electrons. The van der Waals surface area contributed by atoms with Gasteiger partial charge in [-0.25, -0.2) is 0 Å². The molecule has 0 atom stereocenters. The van der Waals surface area contributed by atoms with Crippen molar-refractivity contribution in [2.75, 3.05) is 5.32 Å². The molecule has 0 saturated heterocycles. The first-order valence-corrected chi connectivity index (χ1v) is 9.00. The molecule has 7 heteroatoms. The van der Waals surface area contributed by atoms with Crippen molar-refractivity contribution in [2.24, 2.45) is 0 Å². The Labute approximate surface area is 167 Å². The van der Waals surface area contributed by atoms with Crippen LogP contribution in [-0.2, 0) is 6.54 Å². The summed E-state index contributed by atoms with van der Waals surface area (Å²) in [5.41, 5.74) is 1.06. The maximum absolute atomic E-state index is 12.1. The molecule has 0 saturated carbocycles. The second-order valence-electron chi connectivity index (χ2n) is 6.13. The van der Waals surface area contributed by atoms with Crippen LogP contribution in [0.25, 0.3) is 0 Å². The van der Waals surface area contributed by atoms with Gasteiger partial charge >= 0.3 is 0 Å². The topological polar surface area (TPSA) is 89.3 Å². The van der Waals surface area contributed by atoms with E-state index in [1.54, 1.807) is 30.5 Å². The van der Waals surface area contributed by atoms with E-state index < -0.39 is 0 Å². The summed E-state index contributed by atoms with van der Waals surface area (Å²) >= 11 is 0. The van der Waals surface area contributed by atoms with Crippen LogP contribution >= 0.6 is 0 Å². The molecule has 0 spiro atoms. The van der Waals surface area contributed by atoms with Gasteiger partial charge in [-0.05, 0) is 60.7 Å². The summed E-state index contributed by atoms with van der Waals surface area (Å²) in [7, 11) is 0.